The molecule has 1 atom stereocenters. The van der Waals surface area contributed by atoms with E-state index in [9.17, 15) is 0 Å². The molecule has 0 aliphatic heterocycles. The molecule has 0 bridgehead atoms. The number of benzene rings is 1. The minimum Gasteiger partial charge on any atom is -0.314 e. The van der Waals surface area contributed by atoms with Crippen molar-refractivity contribution in [3.05, 3.63) is 35.9 Å². The van der Waals surface area contributed by atoms with Gasteiger partial charge in [0.25, 0.3) is 0 Å². The summed E-state index contributed by atoms with van der Waals surface area (Å²) >= 11 is 0. The maximum absolute atomic E-state index is 3.79. The number of rotatable bonds is 7. The fraction of sp³-hybridized carbons (Fsp3) is 0.684. The Balaban J connectivity index is 1.94. The lowest BCUT2D eigenvalue weighted by Crippen LogP contribution is -2.50. The highest BCUT2D eigenvalue weighted by Gasteiger charge is 2.35. The van der Waals surface area contributed by atoms with Gasteiger partial charge in [0.2, 0.25) is 0 Å². The van der Waals surface area contributed by atoms with Crippen LogP contribution in [0.25, 0.3) is 0 Å². The zero-order valence-electron chi connectivity index (χ0n) is 14.2. The van der Waals surface area contributed by atoms with Crippen molar-refractivity contribution in [3.63, 3.8) is 0 Å². The lowest BCUT2D eigenvalue weighted by molar-refractivity contribution is 0.152. The minimum absolute atomic E-state index is 0.387. The van der Waals surface area contributed by atoms with Crippen LogP contribution in [0.2, 0.25) is 0 Å². The zero-order chi connectivity index (χ0) is 15.3. The Kier molecular flexibility index (Phi) is 5.83. The molecule has 1 aliphatic carbocycles. The van der Waals surface area contributed by atoms with Crippen LogP contribution in [0.4, 0.5) is 0 Å². The molecule has 2 nitrogen and oxygen atoms in total. The van der Waals surface area contributed by atoms with Crippen LogP contribution in [-0.2, 0) is 0 Å². The van der Waals surface area contributed by atoms with Gasteiger partial charge in [-0.25, -0.2) is 0 Å². The van der Waals surface area contributed by atoms with E-state index in [0.29, 0.717) is 17.4 Å². The normalized spacial score (nSPS) is 19.3. The topological polar surface area (TPSA) is 15.3 Å². The third kappa shape index (κ3) is 4.08. The highest BCUT2D eigenvalue weighted by Crippen LogP contribution is 2.33. The van der Waals surface area contributed by atoms with Crippen LogP contribution in [-0.4, -0.2) is 37.6 Å². The van der Waals surface area contributed by atoms with E-state index in [4.69, 9.17) is 0 Å². The van der Waals surface area contributed by atoms with Crippen molar-refractivity contribution in [2.24, 2.45) is 5.92 Å². The number of hydrogen-bond donors (Lipinski definition) is 1. The smallest absolute Gasteiger partial charge is 0.0327 e. The van der Waals surface area contributed by atoms with Crippen LogP contribution in [0.15, 0.2) is 30.3 Å². The van der Waals surface area contributed by atoms with Gasteiger partial charge in [0.15, 0.2) is 0 Å². The Labute approximate surface area is 130 Å². The average molecular weight is 288 g/mol. The largest absolute Gasteiger partial charge is 0.314 e. The first-order chi connectivity index (χ1) is 10.1. The first-order valence-electron chi connectivity index (χ1n) is 8.48. The second kappa shape index (κ2) is 7.42. The Morgan fingerprint density at radius 2 is 1.71 bits per heavy atom. The van der Waals surface area contributed by atoms with Crippen LogP contribution in [0.3, 0.4) is 0 Å². The molecule has 1 aliphatic rings. The maximum Gasteiger partial charge on any atom is 0.0327 e. The first kappa shape index (κ1) is 16.5. The van der Waals surface area contributed by atoms with E-state index < -0.39 is 0 Å². The second-order valence-electron chi connectivity index (χ2n) is 7.22. The van der Waals surface area contributed by atoms with Gasteiger partial charge in [-0.3, -0.25) is 0 Å². The van der Waals surface area contributed by atoms with Gasteiger partial charge in [0.1, 0.15) is 0 Å². The maximum atomic E-state index is 3.79. The summed E-state index contributed by atoms with van der Waals surface area (Å²) < 4.78 is 0. The minimum atomic E-state index is 0.387. The number of likely N-dealkylation sites (N-methyl/N-ethyl adjacent to an activating group) is 1. The van der Waals surface area contributed by atoms with Crippen LogP contribution < -0.4 is 5.32 Å². The van der Waals surface area contributed by atoms with Gasteiger partial charge in [0.05, 0.1) is 0 Å². The van der Waals surface area contributed by atoms with Crippen LogP contribution in [0, 0.1) is 5.92 Å². The molecule has 1 saturated carbocycles. The van der Waals surface area contributed by atoms with Crippen LogP contribution >= 0.6 is 0 Å². The third-order valence-corrected chi connectivity index (χ3v) is 5.33. The summed E-state index contributed by atoms with van der Waals surface area (Å²) in [7, 11) is 4.48. The van der Waals surface area contributed by atoms with E-state index >= 15 is 0 Å². The number of hydrogen-bond acceptors (Lipinski definition) is 2. The summed E-state index contributed by atoms with van der Waals surface area (Å²) in [6.45, 7) is 6.86. The lowest BCUT2D eigenvalue weighted by Gasteiger charge is -2.37. The molecular weight excluding hydrogens is 256 g/mol. The molecule has 21 heavy (non-hydrogen) atoms. The molecular formula is C19H32N2. The Hall–Kier alpha value is -0.860. The highest BCUT2D eigenvalue weighted by atomic mass is 15.2. The van der Waals surface area contributed by atoms with Gasteiger partial charge in [-0.05, 0) is 44.3 Å². The zero-order valence-corrected chi connectivity index (χ0v) is 14.2. The molecule has 2 rings (SSSR count). The summed E-state index contributed by atoms with van der Waals surface area (Å²) in [5, 5.41) is 3.79. The van der Waals surface area contributed by atoms with Gasteiger partial charge in [-0.2, -0.15) is 0 Å². The summed E-state index contributed by atoms with van der Waals surface area (Å²) in [5.41, 5.74) is 1.85. The molecule has 1 unspecified atom stereocenters. The molecule has 1 aromatic rings. The summed E-state index contributed by atoms with van der Waals surface area (Å²) in [6.07, 6.45) is 5.44. The summed E-state index contributed by atoms with van der Waals surface area (Å²) in [4.78, 5) is 2.44. The monoisotopic (exact) mass is 288 g/mol. The molecule has 0 heterocycles. The average Bonchev–Trinajstić information content (AvgIpc) is 2.94. The van der Waals surface area contributed by atoms with Crippen molar-refractivity contribution in [1.82, 2.24) is 10.2 Å². The van der Waals surface area contributed by atoms with Crippen molar-refractivity contribution in [3.8, 4) is 0 Å². The SMILES string of the molecule is CC(C)C(CNCC1(N(C)C)CCCC1)c1ccccc1. The van der Waals surface area contributed by atoms with E-state index in [1.807, 2.05) is 0 Å². The molecule has 1 aromatic carbocycles. The summed E-state index contributed by atoms with van der Waals surface area (Å²) in [6, 6.07) is 11.0. The third-order valence-electron chi connectivity index (χ3n) is 5.33. The molecule has 1 fully saturated rings. The fourth-order valence-corrected chi connectivity index (χ4v) is 3.71. The quantitative estimate of drug-likeness (QED) is 0.819. The highest BCUT2D eigenvalue weighted by molar-refractivity contribution is 5.20. The molecule has 0 spiro atoms. The molecule has 2 heteroatoms. The number of nitrogens with zero attached hydrogens (tertiary/aromatic N) is 1. The van der Waals surface area contributed by atoms with Crippen molar-refractivity contribution < 1.29 is 0 Å². The molecule has 0 radical (unpaired) electrons. The fourth-order valence-electron chi connectivity index (χ4n) is 3.71. The van der Waals surface area contributed by atoms with Gasteiger partial charge in [-0.1, -0.05) is 57.0 Å². The Morgan fingerprint density at radius 1 is 1.10 bits per heavy atom. The Morgan fingerprint density at radius 3 is 2.24 bits per heavy atom. The van der Waals surface area contributed by atoms with Crippen LogP contribution in [0.1, 0.15) is 51.0 Å². The molecule has 0 amide bonds. The molecule has 1 N–H and O–H groups in total. The van der Waals surface area contributed by atoms with Crippen LogP contribution in [0.5, 0.6) is 0 Å². The van der Waals surface area contributed by atoms with E-state index in [1.165, 1.54) is 31.2 Å². The predicted octanol–water partition coefficient (Wildman–Crippen LogP) is 3.89. The van der Waals surface area contributed by atoms with Crippen molar-refractivity contribution in [2.75, 3.05) is 27.2 Å². The van der Waals surface area contributed by atoms with E-state index in [-0.39, 0.29) is 0 Å². The summed E-state index contributed by atoms with van der Waals surface area (Å²) in [5.74, 6) is 1.27. The van der Waals surface area contributed by atoms with E-state index in [1.54, 1.807) is 0 Å². The Bertz CT molecular complexity index is 405. The number of nitrogens with one attached hydrogen (secondary N) is 1. The van der Waals surface area contributed by atoms with Crippen molar-refractivity contribution in [2.45, 2.75) is 51.0 Å². The van der Waals surface area contributed by atoms with Gasteiger partial charge < -0.3 is 10.2 Å². The first-order valence-corrected chi connectivity index (χ1v) is 8.48. The second-order valence-corrected chi connectivity index (χ2v) is 7.22. The van der Waals surface area contributed by atoms with Gasteiger partial charge >= 0.3 is 0 Å². The molecule has 118 valence electrons. The van der Waals surface area contributed by atoms with Gasteiger partial charge in [-0.15, -0.1) is 0 Å². The standard InChI is InChI=1S/C19H32N2/c1-16(2)18(17-10-6-5-7-11-17)14-20-15-19(21(3)4)12-8-9-13-19/h5-7,10-11,16,18,20H,8-9,12-15H2,1-4H3. The van der Waals surface area contributed by atoms with Crippen molar-refractivity contribution >= 4 is 0 Å². The predicted molar refractivity (Wildman–Crippen MR) is 91.8 cm³/mol. The van der Waals surface area contributed by atoms with Crippen molar-refractivity contribution in [1.29, 1.82) is 0 Å². The lowest BCUT2D eigenvalue weighted by atomic mass is 9.88. The van der Waals surface area contributed by atoms with Gasteiger partial charge in [0, 0.05) is 18.6 Å². The molecule has 0 aromatic heterocycles. The van der Waals surface area contributed by atoms with E-state index in [2.05, 4.69) is 68.5 Å². The van der Waals surface area contributed by atoms with E-state index in [0.717, 1.165) is 13.1 Å². The molecule has 0 saturated heterocycles.